The molecule has 96 valence electrons. The molecule has 2 aromatic rings. The molecule has 0 saturated heterocycles. The van der Waals surface area contributed by atoms with Gasteiger partial charge >= 0.3 is 0 Å². The zero-order valence-electron chi connectivity index (χ0n) is 11.1. The highest BCUT2D eigenvalue weighted by atomic mass is 15.4. The third kappa shape index (κ3) is 2.96. The number of hydrogen-bond acceptors (Lipinski definition) is 3. The number of nitrogens with one attached hydrogen (secondary N) is 1. The Kier molecular flexibility index (Phi) is 4.47. The molecule has 0 atom stereocenters. The number of aryl methyl sites for hydroxylation is 1. The molecule has 1 aromatic carbocycles. The molecule has 0 unspecified atom stereocenters. The molecular formula is C14H20N4. The van der Waals surface area contributed by atoms with Gasteiger partial charge in [0.1, 0.15) is 0 Å². The van der Waals surface area contributed by atoms with Gasteiger partial charge < -0.3 is 5.32 Å². The highest BCUT2D eigenvalue weighted by Gasteiger charge is 2.05. The Morgan fingerprint density at radius 1 is 1.28 bits per heavy atom. The Hall–Kier alpha value is -1.68. The number of hydrogen-bond donors (Lipinski definition) is 1. The second-order valence-electron chi connectivity index (χ2n) is 4.34. The van der Waals surface area contributed by atoms with Crippen LogP contribution in [0.25, 0.3) is 5.69 Å². The summed E-state index contributed by atoms with van der Waals surface area (Å²) in [4.78, 5) is 0. The van der Waals surface area contributed by atoms with E-state index in [2.05, 4.69) is 53.7 Å². The van der Waals surface area contributed by atoms with Gasteiger partial charge in [0.05, 0.1) is 17.6 Å². The van der Waals surface area contributed by atoms with Crippen LogP contribution in [0, 0.1) is 0 Å². The number of aromatic nitrogens is 3. The second-order valence-corrected chi connectivity index (χ2v) is 4.34. The number of nitrogens with zero attached hydrogens (tertiary/aromatic N) is 3. The fraction of sp³-hybridized carbons (Fsp3) is 0.429. The molecule has 1 N–H and O–H groups in total. The Morgan fingerprint density at radius 3 is 2.94 bits per heavy atom. The van der Waals surface area contributed by atoms with Crippen LogP contribution in [-0.4, -0.2) is 21.5 Å². The van der Waals surface area contributed by atoms with Crippen LogP contribution in [0.2, 0.25) is 0 Å². The summed E-state index contributed by atoms with van der Waals surface area (Å²) in [6, 6.07) is 8.43. The summed E-state index contributed by atoms with van der Waals surface area (Å²) in [7, 11) is 0. The fourth-order valence-corrected chi connectivity index (χ4v) is 1.90. The minimum atomic E-state index is 0.803. The molecule has 0 spiro atoms. The summed E-state index contributed by atoms with van der Waals surface area (Å²) in [5.41, 5.74) is 3.49. The smallest absolute Gasteiger partial charge is 0.0783 e. The molecule has 0 amide bonds. The summed E-state index contributed by atoms with van der Waals surface area (Å²) in [5.74, 6) is 0. The first-order valence-electron chi connectivity index (χ1n) is 6.54. The van der Waals surface area contributed by atoms with Crippen molar-refractivity contribution in [1.82, 2.24) is 20.3 Å². The minimum absolute atomic E-state index is 0.803. The highest BCUT2D eigenvalue weighted by Crippen LogP contribution is 2.12. The molecule has 0 aliphatic heterocycles. The van der Waals surface area contributed by atoms with Crippen LogP contribution in [-0.2, 0) is 13.0 Å². The van der Waals surface area contributed by atoms with Crippen molar-refractivity contribution in [1.29, 1.82) is 0 Å². The van der Waals surface area contributed by atoms with Crippen LogP contribution in [0.4, 0.5) is 0 Å². The van der Waals surface area contributed by atoms with Crippen molar-refractivity contribution >= 4 is 0 Å². The second kappa shape index (κ2) is 6.31. The molecule has 0 saturated carbocycles. The van der Waals surface area contributed by atoms with Gasteiger partial charge in [0, 0.05) is 6.54 Å². The largest absolute Gasteiger partial charge is 0.311 e. The van der Waals surface area contributed by atoms with Crippen LogP contribution in [0.1, 0.15) is 31.5 Å². The summed E-state index contributed by atoms with van der Waals surface area (Å²) in [6.07, 6.45) is 3.99. The lowest BCUT2D eigenvalue weighted by Gasteiger charge is -2.08. The van der Waals surface area contributed by atoms with Crippen LogP contribution >= 0.6 is 0 Å². The summed E-state index contributed by atoms with van der Waals surface area (Å²) < 4.78 is 1.90. The first kappa shape index (κ1) is 12.8. The molecule has 1 heterocycles. The van der Waals surface area contributed by atoms with Gasteiger partial charge in [0.2, 0.25) is 0 Å². The van der Waals surface area contributed by atoms with Crippen LogP contribution < -0.4 is 5.32 Å². The van der Waals surface area contributed by atoms with E-state index < -0.39 is 0 Å². The van der Waals surface area contributed by atoms with E-state index in [0.29, 0.717) is 0 Å². The van der Waals surface area contributed by atoms with Crippen molar-refractivity contribution in [3.8, 4) is 5.69 Å². The van der Waals surface area contributed by atoms with Crippen molar-refractivity contribution in [2.45, 2.75) is 33.2 Å². The summed E-state index contributed by atoms with van der Waals surface area (Å²) >= 11 is 0. The van der Waals surface area contributed by atoms with Crippen molar-refractivity contribution in [2.24, 2.45) is 0 Å². The van der Waals surface area contributed by atoms with E-state index in [-0.39, 0.29) is 0 Å². The van der Waals surface area contributed by atoms with Gasteiger partial charge in [-0.05, 0) is 37.1 Å². The number of rotatable bonds is 6. The Labute approximate surface area is 108 Å². The molecule has 2 rings (SSSR count). The maximum absolute atomic E-state index is 4.17. The van der Waals surface area contributed by atoms with E-state index in [1.54, 1.807) is 0 Å². The monoisotopic (exact) mass is 244 g/mol. The molecule has 0 bridgehead atoms. The topological polar surface area (TPSA) is 42.7 Å². The first-order chi connectivity index (χ1) is 8.85. The van der Waals surface area contributed by atoms with E-state index in [0.717, 1.165) is 37.3 Å². The third-order valence-electron chi connectivity index (χ3n) is 2.92. The lowest BCUT2D eigenvalue weighted by atomic mass is 10.1. The van der Waals surface area contributed by atoms with Crippen molar-refractivity contribution in [3.63, 3.8) is 0 Å². The molecule has 4 heteroatoms. The maximum Gasteiger partial charge on any atom is 0.0783 e. The van der Waals surface area contributed by atoms with E-state index in [9.17, 15) is 0 Å². The average molecular weight is 244 g/mol. The van der Waals surface area contributed by atoms with Crippen molar-refractivity contribution in [2.75, 3.05) is 6.54 Å². The molecule has 4 nitrogen and oxygen atoms in total. The van der Waals surface area contributed by atoms with Gasteiger partial charge in [-0.2, -0.15) is 0 Å². The Balaban J connectivity index is 2.19. The fourth-order valence-electron chi connectivity index (χ4n) is 1.90. The van der Waals surface area contributed by atoms with Gasteiger partial charge in [0.15, 0.2) is 0 Å². The molecule has 0 aliphatic carbocycles. The zero-order valence-corrected chi connectivity index (χ0v) is 11.1. The molecule has 18 heavy (non-hydrogen) atoms. The lowest BCUT2D eigenvalue weighted by Crippen LogP contribution is -2.16. The quantitative estimate of drug-likeness (QED) is 0.793. The Morgan fingerprint density at radius 2 is 2.17 bits per heavy atom. The van der Waals surface area contributed by atoms with Crippen LogP contribution in [0.5, 0.6) is 0 Å². The molecule has 1 aromatic heterocycles. The molecule has 0 aliphatic rings. The molecule has 0 radical (unpaired) electrons. The number of benzene rings is 1. The van der Waals surface area contributed by atoms with E-state index in [1.807, 2.05) is 10.9 Å². The predicted octanol–water partition coefficient (Wildman–Crippen LogP) is 2.33. The van der Waals surface area contributed by atoms with Crippen molar-refractivity contribution in [3.05, 3.63) is 41.7 Å². The van der Waals surface area contributed by atoms with Gasteiger partial charge in [-0.1, -0.05) is 31.2 Å². The maximum atomic E-state index is 4.17. The molecule has 0 fully saturated rings. The summed E-state index contributed by atoms with van der Waals surface area (Å²) in [5, 5.41) is 11.5. The van der Waals surface area contributed by atoms with Gasteiger partial charge in [-0.15, -0.1) is 5.10 Å². The van der Waals surface area contributed by atoms with Gasteiger partial charge in [0.25, 0.3) is 0 Å². The normalized spacial score (nSPS) is 10.8. The highest BCUT2D eigenvalue weighted by molar-refractivity contribution is 5.36. The van der Waals surface area contributed by atoms with Gasteiger partial charge in [-0.3, -0.25) is 0 Å². The average Bonchev–Trinajstić information content (AvgIpc) is 2.87. The third-order valence-corrected chi connectivity index (χ3v) is 2.92. The SMILES string of the molecule is CCCNCc1cnnn1-c1cccc(CC)c1. The Bertz CT molecular complexity index is 490. The van der Waals surface area contributed by atoms with Crippen LogP contribution in [0.15, 0.2) is 30.5 Å². The van der Waals surface area contributed by atoms with E-state index in [1.165, 1.54) is 5.56 Å². The summed E-state index contributed by atoms with van der Waals surface area (Å²) in [6.45, 7) is 6.13. The van der Waals surface area contributed by atoms with E-state index >= 15 is 0 Å². The predicted molar refractivity (Wildman–Crippen MR) is 72.7 cm³/mol. The first-order valence-corrected chi connectivity index (χ1v) is 6.54. The zero-order chi connectivity index (χ0) is 12.8. The van der Waals surface area contributed by atoms with Crippen LogP contribution in [0.3, 0.4) is 0 Å². The lowest BCUT2D eigenvalue weighted by molar-refractivity contribution is 0.641. The standard InChI is InChI=1S/C14H20N4/c1-3-8-15-10-14-11-16-17-18(14)13-7-5-6-12(4-2)9-13/h5-7,9,11,15H,3-4,8,10H2,1-2H3. The van der Waals surface area contributed by atoms with Gasteiger partial charge in [-0.25, -0.2) is 4.68 Å². The van der Waals surface area contributed by atoms with E-state index in [4.69, 9.17) is 0 Å². The van der Waals surface area contributed by atoms with Crippen molar-refractivity contribution < 1.29 is 0 Å². The molecular weight excluding hydrogens is 224 g/mol. The minimum Gasteiger partial charge on any atom is -0.311 e.